The molecule has 21 heavy (non-hydrogen) atoms. The SMILES string of the molecule is CCC1COC(C)CN1CC(=O)c1cc2ccccc2o1. The van der Waals surface area contributed by atoms with Gasteiger partial charge in [-0.1, -0.05) is 25.1 Å². The van der Waals surface area contributed by atoms with Gasteiger partial charge in [0.15, 0.2) is 5.76 Å². The Balaban J connectivity index is 1.75. The molecular weight excluding hydrogens is 266 g/mol. The third kappa shape index (κ3) is 3.01. The zero-order chi connectivity index (χ0) is 14.8. The Bertz CT molecular complexity index is 601. The summed E-state index contributed by atoms with van der Waals surface area (Å²) in [4.78, 5) is 14.7. The van der Waals surface area contributed by atoms with Gasteiger partial charge < -0.3 is 9.15 Å². The van der Waals surface area contributed by atoms with Gasteiger partial charge in [0.1, 0.15) is 5.58 Å². The minimum absolute atomic E-state index is 0.0405. The number of ether oxygens (including phenoxy) is 1. The molecule has 0 radical (unpaired) electrons. The van der Waals surface area contributed by atoms with E-state index in [1.807, 2.05) is 37.3 Å². The summed E-state index contributed by atoms with van der Waals surface area (Å²) < 4.78 is 11.3. The Kier molecular flexibility index (Phi) is 4.08. The molecule has 2 aromatic rings. The van der Waals surface area contributed by atoms with Crippen LogP contribution in [0.5, 0.6) is 0 Å². The maximum Gasteiger partial charge on any atom is 0.211 e. The number of furan rings is 1. The van der Waals surface area contributed by atoms with Gasteiger partial charge in [-0.3, -0.25) is 9.69 Å². The number of hydrogen-bond donors (Lipinski definition) is 0. The molecular formula is C17H21NO3. The van der Waals surface area contributed by atoms with Crippen LogP contribution in [0.2, 0.25) is 0 Å². The predicted octanol–water partition coefficient (Wildman–Crippen LogP) is 3.11. The molecule has 2 atom stereocenters. The molecule has 4 heteroatoms. The van der Waals surface area contributed by atoms with Crippen molar-refractivity contribution in [1.29, 1.82) is 0 Å². The lowest BCUT2D eigenvalue weighted by Gasteiger charge is -2.37. The van der Waals surface area contributed by atoms with Crippen LogP contribution in [0.4, 0.5) is 0 Å². The Hall–Kier alpha value is -1.65. The molecule has 3 rings (SSSR count). The fourth-order valence-electron chi connectivity index (χ4n) is 2.86. The first-order valence-corrected chi connectivity index (χ1v) is 7.54. The smallest absolute Gasteiger partial charge is 0.211 e. The molecule has 1 aliphatic rings. The molecule has 0 spiro atoms. The molecule has 2 unspecified atom stereocenters. The summed E-state index contributed by atoms with van der Waals surface area (Å²) in [5.41, 5.74) is 0.767. The van der Waals surface area contributed by atoms with E-state index in [0.29, 0.717) is 25.0 Å². The summed E-state index contributed by atoms with van der Waals surface area (Å²) in [7, 11) is 0. The van der Waals surface area contributed by atoms with Gasteiger partial charge in [-0.15, -0.1) is 0 Å². The van der Waals surface area contributed by atoms with E-state index in [0.717, 1.165) is 23.9 Å². The lowest BCUT2D eigenvalue weighted by Crippen LogP contribution is -2.50. The highest BCUT2D eigenvalue weighted by Gasteiger charge is 2.28. The number of fused-ring (bicyclic) bond motifs is 1. The van der Waals surface area contributed by atoms with Gasteiger partial charge in [-0.05, 0) is 25.5 Å². The van der Waals surface area contributed by atoms with Gasteiger partial charge in [0.2, 0.25) is 5.78 Å². The zero-order valence-electron chi connectivity index (χ0n) is 12.5. The molecule has 112 valence electrons. The van der Waals surface area contributed by atoms with Crippen LogP contribution in [0.3, 0.4) is 0 Å². The van der Waals surface area contributed by atoms with Crippen LogP contribution in [0.15, 0.2) is 34.7 Å². The minimum Gasteiger partial charge on any atom is -0.453 e. The summed E-state index contributed by atoms with van der Waals surface area (Å²) in [6, 6.07) is 9.86. The van der Waals surface area contributed by atoms with Crippen LogP contribution < -0.4 is 0 Å². The second-order valence-corrected chi connectivity index (χ2v) is 5.71. The van der Waals surface area contributed by atoms with Crippen molar-refractivity contribution in [1.82, 2.24) is 4.90 Å². The van der Waals surface area contributed by atoms with Gasteiger partial charge in [0, 0.05) is 18.0 Å². The van der Waals surface area contributed by atoms with Crippen molar-refractivity contribution < 1.29 is 13.9 Å². The number of carbonyl (C=O) groups excluding carboxylic acids is 1. The van der Waals surface area contributed by atoms with Crippen LogP contribution in [0, 0.1) is 0 Å². The average molecular weight is 287 g/mol. The number of morpholine rings is 1. The van der Waals surface area contributed by atoms with Crippen molar-refractivity contribution in [3.8, 4) is 0 Å². The number of rotatable bonds is 4. The summed E-state index contributed by atoms with van der Waals surface area (Å²) in [5.74, 6) is 0.490. The Morgan fingerprint density at radius 2 is 2.19 bits per heavy atom. The number of hydrogen-bond acceptors (Lipinski definition) is 4. The average Bonchev–Trinajstić information content (AvgIpc) is 2.91. The topological polar surface area (TPSA) is 42.7 Å². The second kappa shape index (κ2) is 6.00. The van der Waals surface area contributed by atoms with Crippen molar-refractivity contribution in [2.75, 3.05) is 19.7 Å². The van der Waals surface area contributed by atoms with E-state index in [2.05, 4.69) is 11.8 Å². The highest BCUT2D eigenvalue weighted by Crippen LogP contribution is 2.21. The molecule has 0 bridgehead atoms. The molecule has 1 saturated heterocycles. The molecule has 0 saturated carbocycles. The van der Waals surface area contributed by atoms with Crippen LogP contribution in [0.25, 0.3) is 11.0 Å². The van der Waals surface area contributed by atoms with Crippen LogP contribution in [-0.2, 0) is 4.74 Å². The number of carbonyl (C=O) groups is 1. The Morgan fingerprint density at radius 1 is 1.38 bits per heavy atom. The summed E-state index contributed by atoms with van der Waals surface area (Å²) in [6.07, 6.45) is 1.16. The molecule has 1 aromatic carbocycles. The van der Waals surface area contributed by atoms with E-state index < -0.39 is 0 Å². The normalized spacial score (nSPS) is 23.5. The van der Waals surface area contributed by atoms with Crippen LogP contribution in [0.1, 0.15) is 30.8 Å². The minimum atomic E-state index is 0.0405. The first kappa shape index (κ1) is 14.3. The van der Waals surface area contributed by atoms with Crippen molar-refractivity contribution in [2.45, 2.75) is 32.4 Å². The van der Waals surface area contributed by atoms with E-state index in [-0.39, 0.29) is 11.9 Å². The largest absolute Gasteiger partial charge is 0.453 e. The molecule has 1 aromatic heterocycles. The maximum atomic E-state index is 12.5. The van der Waals surface area contributed by atoms with Crippen molar-refractivity contribution in [3.63, 3.8) is 0 Å². The Labute approximate surface area is 124 Å². The highest BCUT2D eigenvalue weighted by molar-refractivity contribution is 5.98. The fourth-order valence-corrected chi connectivity index (χ4v) is 2.86. The quantitative estimate of drug-likeness (QED) is 0.810. The number of para-hydroxylation sites is 1. The standard InChI is InChI=1S/C17H21NO3/c1-3-14-11-20-12(2)9-18(14)10-15(19)17-8-13-6-4-5-7-16(13)21-17/h4-8,12,14H,3,9-11H2,1-2H3. The molecule has 0 amide bonds. The van der Waals surface area contributed by atoms with Gasteiger partial charge >= 0.3 is 0 Å². The molecule has 1 fully saturated rings. The number of ketones is 1. The van der Waals surface area contributed by atoms with E-state index in [4.69, 9.17) is 9.15 Å². The van der Waals surface area contributed by atoms with E-state index in [1.54, 1.807) is 0 Å². The fraction of sp³-hybridized carbons (Fsp3) is 0.471. The monoisotopic (exact) mass is 287 g/mol. The third-order valence-electron chi connectivity index (χ3n) is 4.10. The van der Waals surface area contributed by atoms with E-state index in [9.17, 15) is 4.79 Å². The number of Topliss-reactive ketones (excluding diaryl/α,β-unsaturated/α-hetero) is 1. The molecule has 2 heterocycles. The molecule has 4 nitrogen and oxygen atoms in total. The Morgan fingerprint density at radius 3 is 2.95 bits per heavy atom. The predicted molar refractivity (Wildman–Crippen MR) is 81.6 cm³/mol. The van der Waals surface area contributed by atoms with Crippen molar-refractivity contribution in [2.24, 2.45) is 0 Å². The zero-order valence-corrected chi connectivity index (χ0v) is 12.5. The summed E-state index contributed by atoms with van der Waals surface area (Å²) in [6.45, 7) is 6.06. The summed E-state index contributed by atoms with van der Waals surface area (Å²) in [5, 5.41) is 0.975. The van der Waals surface area contributed by atoms with E-state index in [1.165, 1.54) is 0 Å². The maximum absolute atomic E-state index is 12.5. The third-order valence-corrected chi connectivity index (χ3v) is 4.10. The first-order chi connectivity index (χ1) is 10.2. The van der Waals surface area contributed by atoms with E-state index >= 15 is 0 Å². The lowest BCUT2D eigenvalue weighted by atomic mass is 10.1. The number of nitrogens with zero attached hydrogens (tertiary/aromatic N) is 1. The first-order valence-electron chi connectivity index (χ1n) is 7.54. The van der Waals surface area contributed by atoms with Crippen LogP contribution in [-0.4, -0.2) is 42.5 Å². The lowest BCUT2D eigenvalue weighted by molar-refractivity contribution is -0.0525. The molecule has 0 N–H and O–H groups in total. The number of benzene rings is 1. The van der Waals surface area contributed by atoms with Crippen LogP contribution >= 0.6 is 0 Å². The summed E-state index contributed by atoms with van der Waals surface area (Å²) >= 11 is 0. The van der Waals surface area contributed by atoms with Gasteiger partial charge in [0.25, 0.3) is 0 Å². The molecule has 1 aliphatic heterocycles. The molecule has 0 aliphatic carbocycles. The van der Waals surface area contributed by atoms with Crippen molar-refractivity contribution in [3.05, 3.63) is 36.1 Å². The van der Waals surface area contributed by atoms with Gasteiger partial charge in [-0.2, -0.15) is 0 Å². The van der Waals surface area contributed by atoms with Gasteiger partial charge in [0.05, 0.1) is 19.3 Å². The highest BCUT2D eigenvalue weighted by atomic mass is 16.5. The van der Waals surface area contributed by atoms with Gasteiger partial charge in [-0.25, -0.2) is 0 Å². The second-order valence-electron chi connectivity index (χ2n) is 5.71. The van der Waals surface area contributed by atoms with Crippen molar-refractivity contribution >= 4 is 16.8 Å².